The number of benzene rings is 1. The Bertz CT molecular complexity index is 999. The lowest BCUT2D eigenvalue weighted by Crippen LogP contribution is -2.33. The minimum atomic E-state index is -1.14. The van der Waals surface area contributed by atoms with Gasteiger partial charge in [0.15, 0.2) is 11.5 Å². The Kier molecular flexibility index (Phi) is 6.68. The number of carboxylic acids is 1. The van der Waals surface area contributed by atoms with Gasteiger partial charge in [0.25, 0.3) is 5.91 Å². The Hall–Kier alpha value is -2.69. The summed E-state index contributed by atoms with van der Waals surface area (Å²) in [4.78, 5) is 37.3. The third-order valence-corrected chi connectivity index (χ3v) is 5.89. The molecule has 1 fully saturated rings. The van der Waals surface area contributed by atoms with Gasteiger partial charge in [-0.2, -0.15) is 0 Å². The molecule has 3 rings (SSSR count). The molecule has 7 nitrogen and oxygen atoms in total. The van der Waals surface area contributed by atoms with Gasteiger partial charge in [-0.25, -0.2) is 4.79 Å². The van der Waals surface area contributed by atoms with E-state index in [0.717, 1.165) is 16.7 Å². The zero-order valence-electron chi connectivity index (χ0n) is 15.1. The predicted octanol–water partition coefficient (Wildman–Crippen LogP) is 3.65. The molecule has 0 unspecified atom stereocenters. The van der Waals surface area contributed by atoms with Crippen LogP contribution < -0.4 is 9.47 Å². The molecule has 0 bridgehead atoms. The number of rotatable bonds is 7. The van der Waals surface area contributed by atoms with Crippen molar-refractivity contribution < 1.29 is 29.0 Å². The van der Waals surface area contributed by atoms with Crippen LogP contribution >= 0.6 is 35.3 Å². The fourth-order valence-corrected chi connectivity index (χ4v) is 4.29. The zero-order chi connectivity index (χ0) is 21.0. The van der Waals surface area contributed by atoms with Gasteiger partial charge in [0.05, 0.1) is 11.5 Å². The summed E-state index contributed by atoms with van der Waals surface area (Å²) < 4.78 is 11.2. The first-order chi connectivity index (χ1) is 13.9. The molecular formula is C19H15NO6S3. The fourth-order valence-electron chi connectivity index (χ4n) is 2.43. The van der Waals surface area contributed by atoms with Gasteiger partial charge in [0.1, 0.15) is 15.7 Å². The highest BCUT2D eigenvalue weighted by molar-refractivity contribution is 8.26. The Balaban J connectivity index is 1.84. The van der Waals surface area contributed by atoms with E-state index in [1.165, 1.54) is 11.3 Å². The van der Waals surface area contributed by atoms with Crippen LogP contribution in [0.4, 0.5) is 0 Å². The molecule has 150 valence electrons. The molecular weight excluding hydrogens is 434 g/mol. The van der Waals surface area contributed by atoms with Crippen LogP contribution in [0.1, 0.15) is 22.2 Å². The van der Waals surface area contributed by atoms with Crippen LogP contribution in [-0.4, -0.2) is 45.3 Å². The van der Waals surface area contributed by atoms with E-state index in [1.54, 1.807) is 48.7 Å². The van der Waals surface area contributed by atoms with Crippen LogP contribution in [0.2, 0.25) is 0 Å². The molecule has 1 amide bonds. The summed E-state index contributed by atoms with van der Waals surface area (Å²) in [5.74, 6) is -1.47. The highest BCUT2D eigenvalue weighted by Gasteiger charge is 2.33. The van der Waals surface area contributed by atoms with Crippen molar-refractivity contribution in [3.63, 3.8) is 0 Å². The lowest BCUT2D eigenvalue weighted by atomic mass is 10.2. The van der Waals surface area contributed by atoms with Gasteiger partial charge < -0.3 is 14.6 Å². The third kappa shape index (κ3) is 5.03. The standard InChI is InChI=1S/C19H15NO6S3/c1-2-25-13-8-11(5-6-12(13)26-18(24)14-4-3-7-28-14)9-15-17(23)20(10-16(21)22)19(27)29-15/h3-9H,2,10H2,1H3,(H,21,22). The number of nitrogens with zero attached hydrogens (tertiary/aromatic N) is 1. The van der Waals surface area contributed by atoms with E-state index in [9.17, 15) is 14.4 Å². The minimum absolute atomic E-state index is 0.190. The van der Waals surface area contributed by atoms with Crippen LogP contribution in [0.15, 0.2) is 40.6 Å². The maximum Gasteiger partial charge on any atom is 0.353 e. The molecule has 2 aromatic rings. The molecule has 0 radical (unpaired) electrons. The van der Waals surface area contributed by atoms with E-state index in [-0.39, 0.29) is 10.1 Å². The number of hydrogen-bond acceptors (Lipinski definition) is 8. The van der Waals surface area contributed by atoms with Gasteiger partial charge in [0.2, 0.25) is 0 Å². The largest absolute Gasteiger partial charge is 0.490 e. The average Bonchev–Trinajstić information content (AvgIpc) is 3.29. The first kappa shape index (κ1) is 21.0. The number of thiophene rings is 1. The molecule has 1 aliphatic heterocycles. The van der Waals surface area contributed by atoms with Gasteiger partial charge in [-0.05, 0) is 42.1 Å². The second kappa shape index (κ2) is 9.21. The van der Waals surface area contributed by atoms with Crippen molar-refractivity contribution in [2.45, 2.75) is 6.92 Å². The van der Waals surface area contributed by atoms with E-state index >= 15 is 0 Å². The third-order valence-electron chi connectivity index (χ3n) is 3.66. The normalized spacial score (nSPS) is 15.1. The molecule has 1 aliphatic rings. The molecule has 2 heterocycles. The van der Waals surface area contributed by atoms with Crippen LogP contribution in [0.3, 0.4) is 0 Å². The van der Waals surface area contributed by atoms with Crippen molar-refractivity contribution in [2.75, 3.05) is 13.2 Å². The molecule has 10 heteroatoms. The lowest BCUT2D eigenvalue weighted by Gasteiger charge is -2.11. The van der Waals surface area contributed by atoms with E-state index < -0.39 is 24.4 Å². The molecule has 29 heavy (non-hydrogen) atoms. The number of carboxylic acid groups (broad SMARTS) is 1. The smallest absolute Gasteiger partial charge is 0.353 e. The maximum atomic E-state index is 12.4. The first-order valence-corrected chi connectivity index (χ1v) is 10.5. The quantitative estimate of drug-likeness (QED) is 0.296. The van der Waals surface area contributed by atoms with E-state index in [2.05, 4.69) is 0 Å². The Morgan fingerprint density at radius 1 is 1.28 bits per heavy atom. The van der Waals surface area contributed by atoms with Gasteiger partial charge >= 0.3 is 11.9 Å². The second-order valence-corrected chi connectivity index (χ2v) is 8.29. The van der Waals surface area contributed by atoms with Crippen LogP contribution in [0, 0.1) is 0 Å². The van der Waals surface area contributed by atoms with Gasteiger partial charge in [0, 0.05) is 0 Å². The molecule has 1 aromatic carbocycles. The Labute approximate surface area is 179 Å². The molecule has 1 N–H and O–H groups in total. The summed E-state index contributed by atoms with van der Waals surface area (Å²) in [7, 11) is 0. The number of aliphatic carboxylic acids is 1. The number of carbonyl (C=O) groups excluding carboxylic acids is 2. The van der Waals surface area contributed by atoms with Gasteiger partial charge in [-0.1, -0.05) is 36.1 Å². The van der Waals surface area contributed by atoms with Crippen molar-refractivity contribution in [3.8, 4) is 11.5 Å². The summed E-state index contributed by atoms with van der Waals surface area (Å²) >= 11 is 7.39. The summed E-state index contributed by atoms with van der Waals surface area (Å²) in [5.41, 5.74) is 0.625. The number of amides is 1. The van der Waals surface area contributed by atoms with E-state index in [1.807, 2.05) is 0 Å². The topological polar surface area (TPSA) is 93.1 Å². The fraction of sp³-hybridized carbons (Fsp3) is 0.158. The predicted molar refractivity (Wildman–Crippen MR) is 114 cm³/mol. The van der Waals surface area contributed by atoms with Crippen LogP contribution in [0.5, 0.6) is 11.5 Å². The maximum absolute atomic E-state index is 12.4. The van der Waals surface area contributed by atoms with Crippen molar-refractivity contribution in [1.29, 1.82) is 0 Å². The average molecular weight is 450 g/mol. The zero-order valence-corrected chi connectivity index (χ0v) is 17.6. The highest BCUT2D eigenvalue weighted by Crippen LogP contribution is 2.35. The molecule has 0 atom stereocenters. The Morgan fingerprint density at radius 2 is 2.07 bits per heavy atom. The van der Waals surface area contributed by atoms with Crippen molar-refractivity contribution in [3.05, 3.63) is 51.1 Å². The van der Waals surface area contributed by atoms with Crippen molar-refractivity contribution in [1.82, 2.24) is 4.90 Å². The first-order valence-electron chi connectivity index (χ1n) is 8.38. The number of hydrogen-bond donors (Lipinski definition) is 1. The van der Waals surface area contributed by atoms with Crippen LogP contribution in [0.25, 0.3) is 6.08 Å². The van der Waals surface area contributed by atoms with Crippen LogP contribution in [-0.2, 0) is 9.59 Å². The minimum Gasteiger partial charge on any atom is -0.490 e. The molecule has 1 aromatic heterocycles. The van der Waals surface area contributed by atoms with Crippen molar-refractivity contribution >= 4 is 63.6 Å². The summed E-state index contributed by atoms with van der Waals surface area (Å²) in [5, 5.41) is 10.7. The highest BCUT2D eigenvalue weighted by atomic mass is 32.2. The molecule has 0 aliphatic carbocycles. The molecule has 0 spiro atoms. The monoisotopic (exact) mass is 449 g/mol. The van der Waals surface area contributed by atoms with Crippen molar-refractivity contribution in [2.24, 2.45) is 0 Å². The number of ether oxygens (including phenoxy) is 2. The lowest BCUT2D eigenvalue weighted by molar-refractivity contribution is -0.140. The molecule has 0 saturated carbocycles. The van der Waals surface area contributed by atoms with E-state index in [4.69, 9.17) is 26.8 Å². The molecule has 1 saturated heterocycles. The van der Waals surface area contributed by atoms with Gasteiger partial charge in [-0.3, -0.25) is 14.5 Å². The number of thioether (sulfide) groups is 1. The summed E-state index contributed by atoms with van der Waals surface area (Å²) in [6.07, 6.45) is 1.59. The number of carbonyl (C=O) groups is 3. The Morgan fingerprint density at radius 3 is 2.72 bits per heavy atom. The number of thiocarbonyl (C=S) groups is 1. The van der Waals surface area contributed by atoms with E-state index in [0.29, 0.717) is 27.7 Å². The number of esters is 1. The second-order valence-electron chi connectivity index (χ2n) is 5.67. The summed E-state index contributed by atoms with van der Waals surface area (Å²) in [6, 6.07) is 8.32. The SMILES string of the molecule is CCOc1cc(C=C2SC(=S)N(CC(=O)O)C2=O)ccc1OC(=O)c1cccs1. The summed E-state index contributed by atoms with van der Waals surface area (Å²) in [6.45, 7) is 1.67. The van der Waals surface area contributed by atoms with Gasteiger partial charge in [-0.15, -0.1) is 11.3 Å².